The van der Waals surface area contributed by atoms with E-state index in [0.29, 0.717) is 15.7 Å². The number of fused-ring (bicyclic) bond motifs is 1. The SMILES string of the molecule is Cc1cc2nc(C(F)(F)F)c(=O)n([C@H](C)C(=O)Nc3c(F)c(F)cc(F)c3F)c2cc1C. The molecule has 1 atom stereocenters. The van der Waals surface area contributed by atoms with Gasteiger partial charge in [0.2, 0.25) is 11.6 Å². The Morgan fingerprint density at radius 1 is 1.00 bits per heavy atom. The van der Waals surface area contributed by atoms with Crippen LogP contribution in [0.3, 0.4) is 0 Å². The summed E-state index contributed by atoms with van der Waals surface area (Å²) in [4.78, 5) is 28.6. The lowest BCUT2D eigenvalue weighted by molar-refractivity contribution is -0.142. The number of nitrogens with one attached hydrogen (secondary N) is 1. The lowest BCUT2D eigenvalue weighted by Crippen LogP contribution is -2.37. The molecule has 0 bridgehead atoms. The Morgan fingerprint density at radius 3 is 2.06 bits per heavy atom. The molecule has 5 nitrogen and oxygen atoms in total. The van der Waals surface area contributed by atoms with Crippen molar-refractivity contribution in [2.75, 3.05) is 5.32 Å². The second-order valence-corrected chi connectivity index (χ2v) is 7.07. The van der Waals surface area contributed by atoms with E-state index in [1.54, 1.807) is 19.2 Å². The smallest absolute Gasteiger partial charge is 0.319 e. The van der Waals surface area contributed by atoms with E-state index in [9.17, 15) is 40.3 Å². The third-order valence-corrected chi connectivity index (χ3v) is 4.90. The van der Waals surface area contributed by atoms with Crippen molar-refractivity contribution in [2.24, 2.45) is 0 Å². The fourth-order valence-corrected chi connectivity index (χ4v) is 3.06. The van der Waals surface area contributed by atoms with Gasteiger partial charge in [-0.3, -0.25) is 14.2 Å². The molecule has 0 aliphatic carbocycles. The fourth-order valence-electron chi connectivity index (χ4n) is 3.06. The van der Waals surface area contributed by atoms with Gasteiger partial charge in [-0.2, -0.15) is 13.2 Å². The third kappa shape index (κ3) is 3.92. The molecule has 0 aliphatic heterocycles. The molecule has 1 heterocycles. The van der Waals surface area contributed by atoms with E-state index < -0.39 is 58.3 Å². The molecule has 1 aromatic heterocycles. The lowest BCUT2D eigenvalue weighted by Gasteiger charge is -2.20. The molecule has 1 amide bonds. The van der Waals surface area contributed by atoms with Crippen molar-refractivity contribution in [2.45, 2.75) is 33.0 Å². The van der Waals surface area contributed by atoms with Crippen LogP contribution < -0.4 is 10.9 Å². The number of alkyl halides is 3. The zero-order chi connectivity index (χ0) is 24.1. The molecule has 0 unspecified atom stereocenters. The normalized spacial score (nSPS) is 12.8. The molecule has 0 aliphatic rings. The van der Waals surface area contributed by atoms with Gasteiger partial charge in [0, 0.05) is 6.07 Å². The molecule has 3 rings (SSSR count). The minimum Gasteiger partial charge on any atom is -0.319 e. The summed E-state index contributed by atoms with van der Waals surface area (Å²) in [5.41, 5.74) is -4.25. The van der Waals surface area contributed by atoms with E-state index in [-0.39, 0.29) is 17.1 Å². The summed E-state index contributed by atoms with van der Waals surface area (Å²) in [5, 5.41) is 1.60. The van der Waals surface area contributed by atoms with Crippen LogP contribution in [0, 0.1) is 37.1 Å². The molecule has 2 aromatic carbocycles. The van der Waals surface area contributed by atoms with Gasteiger partial charge in [-0.25, -0.2) is 22.5 Å². The van der Waals surface area contributed by atoms with Gasteiger partial charge in [0.15, 0.2) is 23.3 Å². The van der Waals surface area contributed by atoms with Crippen molar-refractivity contribution >= 4 is 22.6 Å². The number of hydrogen-bond donors (Lipinski definition) is 1. The quantitative estimate of drug-likeness (QED) is 0.451. The van der Waals surface area contributed by atoms with Crippen LogP contribution in [0.15, 0.2) is 23.0 Å². The highest BCUT2D eigenvalue weighted by Crippen LogP contribution is 2.29. The number of amides is 1. The second-order valence-electron chi connectivity index (χ2n) is 7.07. The molecule has 12 heteroatoms. The number of nitrogens with zero attached hydrogens (tertiary/aromatic N) is 2. The maximum atomic E-state index is 13.9. The van der Waals surface area contributed by atoms with Crippen LogP contribution in [0.4, 0.5) is 36.4 Å². The van der Waals surface area contributed by atoms with Crippen molar-refractivity contribution in [3.05, 3.63) is 68.6 Å². The van der Waals surface area contributed by atoms with E-state index in [4.69, 9.17) is 0 Å². The highest BCUT2D eigenvalue weighted by Gasteiger charge is 2.38. The van der Waals surface area contributed by atoms with E-state index in [1.807, 2.05) is 0 Å². The molecule has 0 spiro atoms. The van der Waals surface area contributed by atoms with Gasteiger partial charge in [0.1, 0.15) is 11.7 Å². The summed E-state index contributed by atoms with van der Waals surface area (Å²) < 4.78 is 95.2. The van der Waals surface area contributed by atoms with E-state index >= 15 is 0 Å². The number of halogens is 7. The van der Waals surface area contributed by atoms with Crippen LogP contribution in [-0.4, -0.2) is 15.5 Å². The van der Waals surface area contributed by atoms with Crippen molar-refractivity contribution in [3.8, 4) is 0 Å². The van der Waals surface area contributed by atoms with Crippen LogP contribution in [0.5, 0.6) is 0 Å². The number of rotatable bonds is 3. The van der Waals surface area contributed by atoms with Gasteiger partial charge in [-0.05, 0) is 44.0 Å². The van der Waals surface area contributed by atoms with Gasteiger partial charge in [0.25, 0.3) is 5.56 Å². The molecular formula is C20H14F7N3O2. The van der Waals surface area contributed by atoms with Crippen LogP contribution in [0.25, 0.3) is 11.0 Å². The zero-order valence-corrected chi connectivity index (χ0v) is 16.7. The minimum absolute atomic E-state index is 0.0780. The summed E-state index contributed by atoms with van der Waals surface area (Å²) in [6, 6.07) is 0.750. The number of hydrogen-bond acceptors (Lipinski definition) is 3. The lowest BCUT2D eigenvalue weighted by atomic mass is 10.1. The first-order valence-corrected chi connectivity index (χ1v) is 8.98. The summed E-state index contributed by atoms with van der Waals surface area (Å²) in [6.07, 6.45) is -5.16. The predicted octanol–water partition coefficient (Wildman–Crippen LogP) is 4.79. The van der Waals surface area contributed by atoms with Gasteiger partial charge < -0.3 is 5.32 Å². The fraction of sp³-hybridized carbons (Fsp3) is 0.250. The largest absolute Gasteiger partial charge is 0.438 e. The Kier molecular flexibility index (Phi) is 5.75. The third-order valence-electron chi connectivity index (χ3n) is 4.90. The number of aryl methyl sites for hydroxylation is 2. The number of aromatic nitrogens is 2. The molecule has 1 N–H and O–H groups in total. The average molecular weight is 461 g/mol. The Hall–Kier alpha value is -3.44. The maximum absolute atomic E-state index is 13.9. The van der Waals surface area contributed by atoms with Crippen molar-refractivity contribution in [1.29, 1.82) is 0 Å². The van der Waals surface area contributed by atoms with Gasteiger partial charge in [-0.15, -0.1) is 0 Å². The van der Waals surface area contributed by atoms with Crippen LogP contribution in [0.2, 0.25) is 0 Å². The van der Waals surface area contributed by atoms with Crippen LogP contribution in [0.1, 0.15) is 29.8 Å². The molecular weight excluding hydrogens is 447 g/mol. The molecule has 0 saturated carbocycles. The Balaban J connectivity index is 2.21. The number of benzene rings is 2. The molecule has 0 radical (unpaired) electrons. The summed E-state index contributed by atoms with van der Waals surface area (Å²) in [6.45, 7) is 4.18. The monoisotopic (exact) mass is 461 g/mol. The number of anilines is 1. The standard InChI is InChI=1S/C20H14F7N3O2/c1-7-4-12-13(5-8(7)2)30(19(32)17(28-12)20(25,26)27)9(3)18(31)29-16-14(23)10(21)6-11(22)15(16)24/h4-6,9H,1-3H3,(H,29,31)/t9-/m1/s1. The van der Waals surface area contributed by atoms with Gasteiger partial charge in [-0.1, -0.05) is 0 Å². The predicted molar refractivity (Wildman–Crippen MR) is 100 cm³/mol. The van der Waals surface area contributed by atoms with Crippen molar-refractivity contribution in [1.82, 2.24) is 9.55 Å². The Bertz CT molecular complexity index is 1290. The summed E-state index contributed by atoms with van der Waals surface area (Å²) >= 11 is 0. The van der Waals surface area contributed by atoms with E-state index in [0.717, 1.165) is 6.92 Å². The minimum atomic E-state index is -5.16. The van der Waals surface area contributed by atoms with E-state index in [2.05, 4.69) is 4.98 Å². The maximum Gasteiger partial charge on any atom is 0.438 e. The highest BCUT2D eigenvalue weighted by molar-refractivity contribution is 5.94. The highest BCUT2D eigenvalue weighted by atomic mass is 19.4. The van der Waals surface area contributed by atoms with Gasteiger partial charge in [0.05, 0.1) is 11.0 Å². The molecule has 3 aromatic rings. The first-order chi connectivity index (χ1) is 14.7. The molecule has 0 saturated heterocycles. The molecule has 170 valence electrons. The first-order valence-electron chi connectivity index (χ1n) is 8.98. The molecule has 0 fully saturated rings. The van der Waals surface area contributed by atoms with Crippen molar-refractivity contribution < 1.29 is 35.5 Å². The molecule has 32 heavy (non-hydrogen) atoms. The van der Waals surface area contributed by atoms with Crippen LogP contribution in [-0.2, 0) is 11.0 Å². The number of carbonyl (C=O) groups excluding carboxylic acids is 1. The zero-order valence-electron chi connectivity index (χ0n) is 16.7. The summed E-state index contributed by atoms with van der Waals surface area (Å²) in [5.74, 6) is -8.83. The Morgan fingerprint density at radius 2 is 1.53 bits per heavy atom. The van der Waals surface area contributed by atoms with Crippen LogP contribution >= 0.6 is 0 Å². The summed E-state index contributed by atoms with van der Waals surface area (Å²) in [7, 11) is 0. The first kappa shape index (κ1) is 23.2. The van der Waals surface area contributed by atoms with Crippen molar-refractivity contribution in [3.63, 3.8) is 0 Å². The topological polar surface area (TPSA) is 64.0 Å². The Labute approximate surface area is 175 Å². The average Bonchev–Trinajstić information content (AvgIpc) is 2.69. The van der Waals surface area contributed by atoms with Gasteiger partial charge >= 0.3 is 6.18 Å². The number of carbonyl (C=O) groups is 1. The van der Waals surface area contributed by atoms with E-state index in [1.165, 1.54) is 12.1 Å². The second kappa shape index (κ2) is 7.92.